The van der Waals surface area contributed by atoms with E-state index in [-0.39, 0.29) is 18.3 Å². The highest BCUT2D eigenvalue weighted by Crippen LogP contribution is 2.29. The van der Waals surface area contributed by atoms with Gasteiger partial charge < -0.3 is 19.3 Å². The predicted octanol–water partition coefficient (Wildman–Crippen LogP) is 4.92. The summed E-state index contributed by atoms with van der Waals surface area (Å²) in [5.41, 5.74) is 1.57. The zero-order valence-corrected chi connectivity index (χ0v) is 18.5. The van der Waals surface area contributed by atoms with Gasteiger partial charge in [0, 0.05) is 42.9 Å². The van der Waals surface area contributed by atoms with Crippen LogP contribution >= 0.6 is 0 Å². The van der Waals surface area contributed by atoms with E-state index in [1.807, 2.05) is 18.2 Å². The van der Waals surface area contributed by atoms with Crippen LogP contribution in [-0.4, -0.2) is 43.1 Å². The Morgan fingerprint density at radius 2 is 1.91 bits per heavy atom. The average Bonchev–Trinajstić information content (AvgIpc) is 3.40. The maximum atomic E-state index is 13.5. The minimum absolute atomic E-state index is 0.103. The van der Waals surface area contributed by atoms with Gasteiger partial charge in [-0.2, -0.15) is 0 Å². The van der Waals surface area contributed by atoms with E-state index in [9.17, 15) is 13.6 Å². The number of carbonyl (C=O) groups excluding carboxylic acids is 1. The molecule has 0 saturated carbocycles. The summed E-state index contributed by atoms with van der Waals surface area (Å²) in [5.74, 6) is -0.849. The summed E-state index contributed by atoms with van der Waals surface area (Å²) in [7, 11) is 0. The van der Waals surface area contributed by atoms with Crippen LogP contribution in [0.15, 0.2) is 36.4 Å². The normalized spacial score (nSPS) is 19.0. The SMILES string of the molecule is CC1CCCN1CCCOc1ccc(N2CCCC2=O)cc1COc1ccc(F)c(F)c1. The van der Waals surface area contributed by atoms with Crippen molar-refractivity contribution < 1.29 is 23.0 Å². The lowest BCUT2D eigenvalue weighted by atomic mass is 10.1. The Balaban J connectivity index is 1.43. The zero-order valence-electron chi connectivity index (χ0n) is 18.5. The highest BCUT2D eigenvalue weighted by Gasteiger charge is 2.23. The van der Waals surface area contributed by atoms with Crippen LogP contribution < -0.4 is 14.4 Å². The monoisotopic (exact) mass is 444 g/mol. The minimum atomic E-state index is -0.952. The molecule has 1 unspecified atom stereocenters. The van der Waals surface area contributed by atoms with E-state index < -0.39 is 11.6 Å². The highest BCUT2D eigenvalue weighted by atomic mass is 19.2. The average molecular weight is 445 g/mol. The molecular formula is C25H30F2N2O3. The summed E-state index contributed by atoms with van der Waals surface area (Å²) in [6.07, 6.45) is 4.81. The number of amides is 1. The van der Waals surface area contributed by atoms with Crippen LogP contribution in [0, 0.1) is 11.6 Å². The molecule has 2 aliphatic rings. The number of carbonyl (C=O) groups is 1. The third kappa shape index (κ3) is 5.38. The van der Waals surface area contributed by atoms with Crippen molar-refractivity contribution in [3.63, 3.8) is 0 Å². The number of hydrogen-bond acceptors (Lipinski definition) is 4. The van der Waals surface area contributed by atoms with E-state index >= 15 is 0 Å². The largest absolute Gasteiger partial charge is 0.493 e. The third-order valence-electron chi connectivity index (χ3n) is 6.25. The lowest BCUT2D eigenvalue weighted by Gasteiger charge is -2.21. The molecule has 7 heteroatoms. The standard InChI is InChI=1S/C25H30F2N2O3/c1-18-5-2-11-28(18)12-4-14-31-24-10-7-20(29-13-3-6-25(29)30)15-19(24)17-32-21-8-9-22(26)23(27)16-21/h7-10,15-16,18H,2-6,11-14,17H2,1H3. The van der Waals surface area contributed by atoms with Gasteiger partial charge in [-0.1, -0.05) is 0 Å². The van der Waals surface area contributed by atoms with Crippen LogP contribution in [0.5, 0.6) is 11.5 Å². The van der Waals surface area contributed by atoms with Gasteiger partial charge in [-0.05, 0) is 69.5 Å². The van der Waals surface area contributed by atoms with Gasteiger partial charge in [-0.3, -0.25) is 4.79 Å². The van der Waals surface area contributed by atoms with Gasteiger partial charge in [0.05, 0.1) is 6.61 Å². The van der Waals surface area contributed by atoms with Gasteiger partial charge in [-0.25, -0.2) is 8.78 Å². The Hall–Kier alpha value is -2.67. The van der Waals surface area contributed by atoms with Crippen molar-refractivity contribution in [1.82, 2.24) is 4.90 Å². The summed E-state index contributed by atoms with van der Waals surface area (Å²) < 4.78 is 38.5. The first kappa shape index (κ1) is 22.5. The first-order chi connectivity index (χ1) is 15.5. The fraction of sp³-hybridized carbons (Fsp3) is 0.480. The van der Waals surface area contributed by atoms with Crippen LogP contribution in [0.1, 0.15) is 44.6 Å². The van der Waals surface area contributed by atoms with Crippen LogP contribution in [0.2, 0.25) is 0 Å². The number of likely N-dealkylation sites (tertiary alicyclic amines) is 1. The molecule has 4 rings (SSSR count). The van der Waals surface area contributed by atoms with Crippen LogP contribution in [-0.2, 0) is 11.4 Å². The van der Waals surface area contributed by atoms with E-state index in [1.54, 1.807) is 4.90 Å². The van der Waals surface area contributed by atoms with Gasteiger partial charge in [0.2, 0.25) is 5.91 Å². The Morgan fingerprint density at radius 1 is 1.03 bits per heavy atom. The lowest BCUT2D eigenvalue weighted by molar-refractivity contribution is -0.117. The second-order valence-electron chi connectivity index (χ2n) is 8.53. The van der Waals surface area contributed by atoms with Crippen LogP contribution in [0.3, 0.4) is 0 Å². The second-order valence-corrected chi connectivity index (χ2v) is 8.53. The molecule has 0 bridgehead atoms. The maximum absolute atomic E-state index is 13.5. The van der Waals surface area contributed by atoms with Crippen molar-refractivity contribution >= 4 is 11.6 Å². The van der Waals surface area contributed by atoms with Gasteiger partial charge in [-0.15, -0.1) is 0 Å². The van der Waals surface area contributed by atoms with Gasteiger partial charge >= 0.3 is 0 Å². The topological polar surface area (TPSA) is 42.0 Å². The molecule has 1 atom stereocenters. The number of halogens is 2. The lowest BCUT2D eigenvalue weighted by Crippen LogP contribution is -2.28. The molecule has 172 valence electrons. The molecule has 5 nitrogen and oxygen atoms in total. The molecule has 32 heavy (non-hydrogen) atoms. The van der Waals surface area contributed by atoms with E-state index in [0.717, 1.165) is 49.3 Å². The minimum Gasteiger partial charge on any atom is -0.493 e. The molecule has 0 aliphatic carbocycles. The summed E-state index contributed by atoms with van der Waals surface area (Å²) in [4.78, 5) is 16.4. The molecular weight excluding hydrogens is 414 g/mol. The number of nitrogens with zero attached hydrogens (tertiary/aromatic N) is 2. The van der Waals surface area contributed by atoms with E-state index in [2.05, 4.69) is 11.8 Å². The molecule has 2 saturated heterocycles. The van der Waals surface area contributed by atoms with E-state index in [1.165, 1.54) is 18.9 Å². The first-order valence-electron chi connectivity index (χ1n) is 11.4. The fourth-order valence-electron chi connectivity index (χ4n) is 4.41. The number of ether oxygens (including phenoxy) is 2. The maximum Gasteiger partial charge on any atom is 0.227 e. The van der Waals surface area contributed by atoms with Crippen molar-refractivity contribution in [2.75, 3.05) is 31.1 Å². The quantitative estimate of drug-likeness (QED) is 0.515. The number of anilines is 1. The molecule has 2 heterocycles. The molecule has 1 amide bonds. The van der Waals surface area contributed by atoms with Crippen LogP contribution in [0.25, 0.3) is 0 Å². The molecule has 0 radical (unpaired) electrons. The highest BCUT2D eigenvalue weighted by molar-refractivity contribution is 5.95. The predicted molar refractivity (Wildman–Crippen MR) is 119 cm³/mol. The van der Waals surface area contributed by atoms with Crippen molar-refractivity contribution in [3.8, 4) is 11.5 Å². The van der Waals surface area contributed by atoms with E-state index in [0.29, 0.717) is 31.4 Å². The van der Waals surface area contributed by atoms with Gasteiger partial charge in [0.1, 0.15) is 18.1 Å². The molecule has 2 aromatic carbocycles. The van der Waals surface area contributed by atoms with Gasteiger partial charge in [0.25, 0.3) is 0 Å². The Bertz CT molecular complexity index is 953. The second kappa shape index (κ2) is 10.3. The van der Waals surface area contributed by atoms with Crippen LogP contribution in [0.4, 0.5) is 14.5 Å². The Morgan fingerprint density at radius 3 is 2.62 bits per heavy atom. The van der Waals surface area contributed by atoms with Crippen molar-refractivity contribution in [3.05, 3.63) is 53.6 Å². The first-order valence-corrected chi connectivity index (χ1v) is 11.4. The number of hydrogen-bond donors (Lipinski definition) is 0. The van der Waals surface area contributed by atoms with Crippen molar-refractivity contribution in [2.24, 2.45) is 0 Å². The third-order valence-corrected chi connectivity index (χ3v) is 6.25. The Labute approximate surface area is 187 Å². The molecule has 2 fully saturated rings. The van der Waals surface area contributed by atoms with E-state index in [4.69, 9.17) is 9.47 Å². The molecule has 2 aromatic rings. The summed E-state index contributed by atoms with van der Waals surface area (Å²) in [6.45, 7) is 5.80. The summed E-state index contributed by atoms with van der Waals surface area (Å²) >= 11 is 0. The summed E-state index contributed by atoms with van der Waals surface area (Å²) in [6, 6.07) is 9.74. The smallest absolute Gasteiger partial charge is 0.227 e. The Kier molecular flexibility index (Phi) is 7.25. The molecule has 0 N–H and O–H groups in total. The van der Waals surface area contributed by atoms with Gasteiger partial charge in [0.15, 0.2) is 11.6 Å². The number of benzene rings is 2. The van der Waals surface area contributed by atoms with Crippen molar-refractivity contribution in [1.29, 1.82) is 0 Å². The molecule has 0 spiro atoms. The number of rotatable bonds is 9. The zero-order chi connectivity index (χ0) is 22.5. The molecule has 0 aromatic heterocycles. The molecule has 2 aliphatic heterocycles. The van der Waals surface area contributed by atoms with Crippen molar-refractivity contribution in [2.45, 2.75) is 51.7 Å². The summed E-state index contributed by atoms with van der Waals surface area (Å²) in [5, 5.41) is 0. The fourth-order valence-corrected chi connectivity index (χ4v) is 4.41.